The molecule has 1 aromatic heterocycles. The van der Waals surface area contributed by atoms with E-state index in [0.29, 0.717) is 37.1 Å². The van der Waals surface area contributed by atoms with Crippen LogP contribution >= 0.6 is 0 Å². The van der Waals surface area contributed by atoms with Crippen molar-refractivity contribution in [2.45, 2.75) is 44.6 Å². The van der Waals surface area contributed by atoms with Crippen LogP contribution in [-0.2, 0) is 16.0 Å². The Balaban J connectivity index is 1.22. The van der Waals surface area contributed by atoms with Crippen molar-refractivity contribution in [1.29, 1.82) is 0 Å². The first-order valence-electron chi connectivity index (χ1n) is 11.0. The molecular weight excluding hydrogens is 392 g/mol. The molecule has 2 aliphatic rings. The zero-order valence-corrected chi connectivity index (χ0v) is 18.2. The summed E-state index contributed by atoms with van der Waals surface area (Å²) in [6.07, 6.45) is 6.26. The first-order chi connectivity index (χ1) is 15.0. The number of ether oxygens (including phenoxy) is 1. The Morgan fingerprint density at radius 3 is 2.65 bits per heavy atom. The maximum absolute atomic E-state index is 12.7. The normalized spacial score (nSPS) is 21.3. The molecule has 6 heteroatoms. The van der Waals surface area contributed by atoms with Gasteiger partial charge < -0.3 is 19.4 Å². The van der Waals surface area contributed by atoms with Crippen LogP contribution in [0.2, 0.25) is 0 Å². The van der Waals surface area contributed by atoms with Crippen LogP contribution < -0.4 is 10.1 Å². The van der Waals surface area contributed by atoms with Crippen LogP contribution in [0, 0.1) is 5.92 Å². The van der Waals surface area contributed by atoms with E-state index in [1.807, 2.05) is 41.3 Å². The van der Waals surface area contributed by atoms with Crippen LogP contribution in [0.3, 0.4) is 0 Å². The van der Waals surface area contributed by atoms with Crippen molar-refractivity contribution in [1.82, 2.24) is 10.2 Å². The average Bonchev–Trinajstić information content (AvgIpc) is 3.32. The van der Waals surface area contributed by atoms with Gasteiger partial charge >= 0.3 is 0 Å². The molecule has 6 nitrogen and oxygen atoms in total. The molecule has 1 aliphatic heterocycles. The topological polar surface area (TPSA) is 71.8 Å². The molecule has 4 rings (SSSR count). The predicted octanol–water partition coefficient (Wildman–Crippen LogP) is 3.77. The summed E-state index contributed by atoms with van der Waals surface area (Å²) in [5, 5.41) is 3.04. The maximum Gasteiger partial charge on any atom is 0.244 e. The summed E-state index contributed by atoms with van der Waals surface area (Å²) < 4.78 is 11.1. The fourth-order valence-electron chi connectivity index (χ4n) is 4.18. The van der Waals surface area contributed by atoms with Gasteiger partial charge in [-0.25, -0.2) is 0 Å². The SMILES string of the molecule is COc1ccccc1CC(=O)N1CCC(NC(=O)/C=C/c2ccc(C3CC3C)o2)CC1. The Hall–Kier alpha value is -3.02. The van der Waals surface area contributed by atoms with Gasteiger partial charge in [-0.1, -0.05) is 25.1 Å². The second-order valence-corrected chi connectivity index (χ2v) is 8.55. The molecule has 0 bridgehead atoms. The minimum absolute atomic E-state index is 0.0759. The van der Waals surface area contributed by atoms with Crippen LogP contribution in [0.4, 0.5) is 0 Å². The van der Waals surface area contributed by atoms with Crippen LogP contribution in [-0.4, -0.2) is 43.0 Å². The molecule has 0 radical (unpaired) electrons. The van der Waals surface area contributed by atoms with E-state index < -0.39 is 0 Å². The number of hydrogen-bond acceptors (Lipinski definition) is 4. The zero-order chi connectivity index (χ0) is 21.8. The van der Waals surface area contributed by atoms with Crippen molar-refractivity contribution in [3.8, 4) is 5.75 Å². The lowest BCUT2D eigenvalue weighted by Crippen LogP contribution is -2.46. The van der Waals surface area contributed by atoms with E-state index in [1.165, 1.54) is 12.5 Å². The Bertz CT molecular complexity index is 956. The molecule has 1 saturated carbocycles. The van der Waals surface area contributed by atoms with Gasteiger partial charge in [0, 0.05) is 36.7 Å². The standard InChI is InChI=1S/C25H30N2O4/c1-17-15-21(17)23-9-7-20(31-23)8-10-24(28)26-19-11-13-27(14-12-19)25(29)16-18-5-3-4-6-22(18)30-2/h3-10,17,19,21H,11-16H2,1-2H3,(H,26,28)/b10-8+. The molecule has 1 saturated heterocycles. The molecule has 2 aromatic rings. The number of hydrogen-bond donors (Lipinski definition) is 1. The minimum Gasteiger partial charge on any atom is -0.496 e. The number of methoxy groups -OCH3 is 1. The molecule has 1 N–H and O–H groups in total. The van der Waals surface area contributed by atoms with Crippen LogP contribution in [0.1, 0.15) is 49.2 Å². The van der Waals surface area contributed by atoms with Gasteiger partial charge in [-0.3, -0.25) is 9.59 Å². The van der Waals surface area contributed by atoms with Crippen molar-refractivity contribution in [2.75, 3.05) is 20.2 Å². The fourth-order valence-corrected chi connectivity index (χ4v) is 4.18. The molecular formula is C25H30N2O4. The van der Waals surface area contributed by atoms with Gasteiger partial charge in [0.25, 0.3) is 0 Å². The molecule has 2 heterocycles. The third kappa shape index (κ3) is 5.37. The summed E-state index contributed by atoms with van der Waals surface area (Å²) in [5.74, 6) is 3.65. The summed E-state index contributed by atoms with van der Waals surface area (Å²) in [4.78, 5) is 26.8. The lowest BCUT2D eigenvalue weighted by Gasteiger charge is -2.32. The predicted molar refractivity (Wildman–Crippen MR) is 119 cm³/mol. The number of nitrogens with one attached hydrogen (secondary N) is 1. The largest absolute Gasteiger partial charge is 0.496 e. The van der Waals surface area contributed by atoms with Crippen molar-refractivity contribution < 1.29 is 18.7 Å². The van der Waals surface area contributed by atoms with Gasteiger partial charge in [-0.2, -0.15) is 0 Å². The number of carbonyl (C=O) groups excluding carboxylic acids is 2. The van der Waals surface area contributed by atoms with E-state index in [0.717, 1.165) is 29.9 Å². The smallest absolute Gasteiger partial charge is 0.244 e. The Morgan fingerprint density at radius 1 is 1.19 bits per heavy atom. The van der Waals surface area contributed by atoms with Crippen LogP contribution in [0.15, 0.2) is 46.9 Å². The second kappa shape index (κ2) is 9.41. The maximum atomic E-state index is 12.7. The van der Waals surface area contributed by atoms with Crippen molar-refractivity contribution >= 4 is 17.9 Å². The number of benzene rings is 1. The molecule has 2 amide bonds. The first-order valence-corrected chi connectivity index (χ1v) is 11.0. The van der Waals surface area contributed by atoms with Crippen molar-refractivity contribution in [3.05, 3.63) is 59.6 Å². The van der Waals surface area contributed by atoms with E-state index in [4.69, 9.17) is 9.15 Å². The number of likely N-dealkylation sites (tertiary alicyclic amines) is 1. The quantitative estimate of drug-likeness (QED) is 0.690. The van der Waals surface area contributed by atoms with E-state index in [1.54, 1.807) is 13.2 Å². The molecule has 2 fully saturated rings. The lowest BCUT2D eigenvalue weighted by atomic mass is 10.0. The number of amides is 2. The summed E-state index contributed by atoms with van der Waals surface area (Å²) in [6.45, 7) is 3.50. The minimum atomic E-state index is -0.128. The number of piperidine rings is 1. The first kappa shape index (κ1) is 21.2. The third-order valence-electron chi connectivity index (χ3n) is 6.25. The van der Waals surface area contributed by atoms with Gasteiger partial charge in [-0.05, 0) is 49.5 Å². The number of rotatable bonds is 7. The Labute approximate surface area is 183 Å². The number of carbonyl (C=O) groups is 2. The van der Waals surface area contributed by atoms with E-state index in [2.05, 4.69) is 12.2 Å². The Morgan fingerprint density at radius 2 is 1.94 bits per heavy atom. The molecule has 31 heavy (non-hydrogen) atoms. The van der Waals surface area contributed by atoms with Crippen LogP contribution in [0.25, 0.3) is 6.08 Å². The lowest BCUT2D eigenvalue weighted by molar-refractivity contribution is -0.131. The van der Waals surface area contributed by atoms with E-state index >= 15 is 0 Å². The van der Waals surface area contributed by atoms with E-state index in [-0.39, 0.29) is 17.9 Å². The highest BCUT2D eigenvalue weighted by atomic mass is 16.5. The van der Waals surface area contributed by atoms with Gasteiger partial charge in [0.2, 0.25) is 11.8 Å². The highest BCUT2D eigenvalue weighted by Crippen LogP contribution is 2.47. The highest BCUT2D eigenvalue weighted by molar-refractivity contribution is 5.91. The van der Waals surface area contributed by atoms with E-state index in [9.17, 15) is 9.59 Å². The molecule has 1 aromatic carbocycles. The third-order valence-corrected chi connectivity index (χ3v) is 6.25. The summed E-state index contributed by atoms with van der Waals surface area (Å²) in [6, 6.07) is 11.6. The summed E-state index contributed by atoms with van der Waals surface area (Å²) in [7, 11) is 1.62. The number of nitrogens with zero attached hydrogens (tertiary/aromatic N) is 1. The summed E-state index contributed by atoms with van der Waals surface area (Å²) in [5.41, 5.74) is 0.896. The van der Waals surface area contributed by atoms with Gasteiger partial charge in [0.15, 0.2) is 0 Å². The number of furan rings is 1. The van der Waals surface area contributed by atoms with Crippen molar-refractivity contribution in [3.63, 3.8) is 0 Å². The molecule has 0 spiro atoms. The number of para-hydroxylation sites is 1. The molecule has 164 valence electrons. The van der Waals surface area contributed by atoms with Gasteiger partial charge in [0.1, 0.15) is 17.3 Å². The molecule has 2 atom stereocenters. The van der Waals surface area contributed by atoms with Gasteiger partial charge in [0.05, 0.1) is 13.5 Å². The highest BCUT2D eigenvalue weighted by Gasteiger charge is 2.36. The van der Waals surface area contributed by atoms with Crippen molar-refractivity contribution in [2.24, 2.45) is 5.92 Å². The van der Waals surface area contributed by atoms with Crippen LogP contribution in [0.5, 0.6) is 5.75 Å². The second-order valence-electron chi connectivity index (χ2n) is 8.55. The fraction of sp³-hybridized carbons (Fsp3) is 0.440. The van der Waals surface area contributed by atoms with Gasteiger partial charge in [-0.15, -0.1) is 0 Å². The zero-order valence-electron chi connectivity index (χ0n) is 18.2. The molecule has 1 aliphatic carbocycles. The molecule has 2 unspecified atom stereocenters. The summed E-state index contributed by atoms with van der Waals surface area (Å²) >= 11 is 0. The average molecular weight is 423 g/mol. The Kier molecular flexibility index (Phi) is 6.44. The monoisotopic (exact) mass is 422 g/mol.